The van der Waals surface area contributed by atoms with Crippen molar-refractivity contribution in [1.82, 2.24) is 20.4 Å². The molecule has 1 heterocycles. The van der Waals surface area contributed by atoms with E-state index in [1.165, 1.54) is 4.68 Å². The zero-order valence-electron chi connectivity index (χ0n) is 10.5. The minimum absolute atomic E-state index is 0.263. The molecule has 8 nitrogen and oxygen atoms in total. The summed E-state index contributed by atoms with van der Waals surface area (Å²) in [5, 5.41) is 9.14. The molecule has 0 bridgehead atoms. The molecule has 0 aliphatic carbocycles. The SMILES string of the molecule is CCc1nn(C)c(C(=O)NCCNC(N)=O)c1N. The largest absolute Gasteiger partial charge is 0.395 e. The summed E-state index contributed by atoms with van der Waals surface area (Å²) in [6.45, 7) is 2.45. The molecule has 1 rings (SSSR count). The molecule has 0 atom stereocenters. The smallest absolute Gasteiger partial charge is 0.312 e. The molecule has 0 unspecified atom stereocenters. The van der Waals surface area contributed by atoms with E-state index in [9.17, 15) is 9.59 Å². The van der Waals surface area contributed by atoms with Gasteiger partial charge in [-0.05, 0) is 6.42 Å². The van der Waals surface area contributed by atoms with Crippen LogP contribution in [-0.2, 0) is 13.5 Å². The first kappa shape index (κ1) is 13.8. The number of aryl methyl sites for hydroxylation is 2. The van der Waals surface area contributed by atoms with Crippen molar-refractivity contribution >= 4 is 17.6 Å². The molecule has 0 spiro atoms. The lowest BCUT2D eigenvalue weighted by molar-refractivity contribution is 0.0945. The van der Waals surface area contributed by atoms with E-state index in [4.69, 9.17) is 11.5 Å². The zero-order chi connectivity index (χ0) is 13.7. The second kappa shape index (κ2) is 5.89. The number of urea groups is 1. The molecule has 1 aromatic rings. The molecule has 6 N–H and O–H groups in total. The van der Waals surface area contributed by atoms with E-state index in [-0.39, 0.29) is 19.0 Å². The molecule has 3 amide bonds. The van der Waals surface area contributed by atoms with E-state index in [0.29, 0.717) is 23.5 Å². The Morgan fingerprint density at radius 3 is 2.44 bits per heavy atom. The van der Waals surface area contributed by atoms with Gasteiger partial charge in [-0.15, -0.1) is 0 Å². The van der Waals surface area contributed by atoms with Gasteiger partial charge in [-0.25, -0.2) is 4.79 Å². The summed E-state index contributed by atoms with van der Waals surface area (Å²) in [5.41, 5.74) is 12.1. The Morgan fingerprint density at radius 2 is 1.94 bits per heavy atom. The van der Waals surface area contributed by atoms with Crippen molar-refractivity contribution in [2.45, 2.75) is 13.3 Å². The zero-order valence-corrected chi connectivity index (χ0v) is 10.5. The molecule has 0 saturated heterocycles. The third kappa shape index (κ3) is 3.12. The molecule has 0 radical (unpaired) electrons. The molecule has 0 aliphatic heterocycles. The van der Waals surface area contributed by atoms with Crippen molar-refractivity contribution in [1.29, 1.82) is 0 Å². The minimum Gasteiger partial charge on any atom is -0.395 e. The topological polar surface area (TPSA) is 128 Å². The predicted molar refractivity (Wildman–Crippen MR) is 66.9 cm³/mol. The lowest BCUT2D eigenvalue weighted by atomic mass is 10.2. The monoisotopic (exact) mass is 254 g/mol. The fourth-order valence-electron chi connectivity index (χ4n) is 1.57. The van der Waals surface area contributed by atoms with E-state index in [0.717, 1.165) is 0 Å². The number of carbonyl (C=O) groups is 2. The number of anilines is 1. The highest BCUT2D eigenvalue weighted by molar-refractivity contribution is 5.98. The molecule has 0 aromatic carbocycles. The molecule has 100 valence electrons. The lowest BCUT2D eigenvalue weighted by Crippen LogP contribution is -2.37. The fraction of sp³-hybridized carbons (Fsp3) is 0.500. The molecular formula is C10H18N6O2. The highest BCUT2D eigenvalue weighted by Crippen LogP contribution is 2.16. The molecule has 8 heteroatoms. The summed E-state index contributed by atoms with van der Waals surface area (Å²) in [6, 6.07) is -0.627. The van der Waals surface area contributed by atoms with E-state index < -0.39 is 6.03 Å². The lowest BCUT2D eigenvalue weighted by Gasteiger charge is -2.06. The van der Waals surface area contributed by atoms with Gasteiger partial charge < -0.3 is 22.1 Å². The number of aromatic nitrogens is 2. The van der Waals surface area contributed by atoms with Gasteiger partial charge in [0.05, 0.1) is 11.4 Å². The summed E-state index contributed by atoms with van der Waals surface area (Å²) in [4.78, 5) is 22.3. The van der Waals surface area contributed by atoms with Crippen LogP contribution in [0.1, 0.15) is 23.1 Å². The average molecular weight is 254 g/mol. The normalized spacial score (nSPS) is 10.1. The summed E-state index contributed by atoms with van der Waals surface area (Å²) < 4.78 is 1.45. The highest BCUT2D eigenvalue weighted by Gasteiger charge is 2.18. The Labute approximate surface area is 105 Å². The first-order chi connectivity index (χ1) is 8.47. The highest BCUT2D eigenvalue weighted by atomic mass is 16.2. The maximum absolute atomic E-state index is 11.9. The van der Waals surface area contributed by atoms with E-state index >= 15 is 0 Å². The minimum atomic E-state index is -0.627. The average Bonchev–Trinajstić information content (AvgIpc) is 2.59. The summed E-state index contributed by atoms with van der Waals surface area (Å²) >= 11 is 0. The Bertz CT molecular complexity index is 453. The van der Waals surface area contributed by atoms with Gasteiger partial charge in [-0.2, -0.15) is 5.10 Å². The molecular weight excluding hydrogens is 236 g/mol. The number of nitrogen functional groups attached to an aromatic ring is 1. The standard InChI is InChI=1S/C10H18N6O2/c1-3-6-7(11)8(16(2)15-6)9(17)13-4-5-14-10(12)18/h3-5,11H2,1-2H3,(H,13,17)(H3,12,14,18). The molecule has 18 heavy (non-hydrogen) atoms. The number of nitrogens with zero attached hydrogens (tertiary/aromatic N) is 2. The van der Waals surface area contributed by atoms with Crippen LogP contribution in [0.15, 0.2) is 0 Å². The summed E-state index contributed by atoms with van der Waals surface area (Å²) in [6.07, 6.45) is 0.663. The number of hydrogen-bond donors (Lipinski definition) is 4. The Hall–Kier alpha value is -2.25. The van der Waals surface area contributed by atoms with Crippen LogP contribution in [0.25, 0.3) is 0 Å². The van der Waals surface area contributed by atoms with Gasteiger partial charge in [-0.3, -0.25) is 9.48 Å². The first-order valence-corrected chi connectivity index (χ1v) is 5.60. The van der Waals surface area contributed by atoms with Crippen molar-refractivity contribution in [2.75, 3.05) is 18.8 Å². The first-order valence-electron chi connectivity index (χ1n) is 5.60. The number of primary amides is 1. The Morgan fingerprint density at radius 1 is 1.33 bits per heavy atom. The summed E-state index contributed by atoms with van der Waals surface area (Å²) in [5.74, 6) is -0.325. The van der Waals surface area contributed by atoms with Crippen LogP contribution < -0.4 is 22.1 Å². The van der Waals surface area contributed by atoms with Crippen LogP contribution in [0.4, 0.5) is 10.5 Å². The van der Waals surface area contributed by atoms with E-state index in [1.807, 2.05) is 6.92 Å². The van der Waals surface area contributed by atoms with Crippen LogP contribution in [0.3, 0.4) is 0 Å². The third-order valence-electron chi connectivity index (χ3n) is 2.42. The van der Waals surface area contributed by atoms with Crippen LogP contribution in [0, 0.1) is 0 Å². The number of nitrogens with two attached hydrogens (primary N) is 2. The van der Waals surface area contributed by atoms with Crippen LogP contribution in [0.5, 0.6) is 0 Å². The van der Waals surface area contributed by atoms with Gasteiger partial charge in [0.15, 0.2) is 0 Å². The quantitative estimate of drug-likeness (QED) is 0.500. The second-order valence-electron chi connectivity index (χ2n) is 3.73. The molecule has 0 fully saturated rings. The van der Waals surface area contributed by atoms with Crippen molar-refractivity contribution in [3.05, 3.63) is 11.4 Å². The second-order valence-corrected chi connectivity index (χ2v) is 3.73. The number of nitrogens with one attached hydrogen (secondary N) is 2. The molecule has 0 aliphatic rings. The van der Waals surface area contributed by atoms with E-state index in [2.05, 4.69) is 15.7 Å². The van der Waals surface area contributed by atoms with Crippen LogP contribution >= 0.6 is 0 Å². The Balaban J connectivity index is 2.61. The van der Waals surface area contributed by atoms with Gasteiger partial charge in [0.2, 0.25) is 0 Å². The third-order valence-corrected chi connectivity index (χ3v) is 2.42. The van der Waals surface area contributed by atoms with Gasteiger partial charge in [0, 0.05) is 20.1 Å². The van der Waals surface area contributed by atoms with Gasteiger partial charge >= 0.3 is 6.03 Å². The number of carbonyl (C=O) groups excluding carboxylic acids is 2. The van der Waals surface area contributed by atoms with Crippen molar-refractivity contribution in [3.8, 4) is 0 Å². The Kier molecular flexibility index (Phi) is 4.52. The number of rotatable bonds is 5. The van der Waals surface area contributed by atoms with Crippen LogP contribution in [0.2, 0.25) is 0 Å². The van der Waals surface area contributed by atoms with Gasteiger partial charge in [0.25, 0.3) is 5.91 Å². The fourth-order valence-corrected chi connectivity index (χ4v) is 1.57. The van der Waals surface area contributed by atoms with Crippen molar-refractivity contribution < 1.29 is 9.59 Å². The van der Waals surface area contributed by atoms with E-state index in [1.54, 1.807) is 7.05 Å². The van der Waals surface area contributed by atoms with Crippen LogP contribution in [-0.4, -0.2) is 34.8 Å². The predicted octanol–water partition coefficient (Wildman–Crippen LogP) is -1.04. The molecule has 1 aromatic heterocycles. The maximum Gasteiger partial charge on any atom is 0.312 e. The van der Waals surface area contributed by atoms with Gasteiger partial charge in [0.1, 0.15) is 5.69 Å². The van der Waals surface area contributed by atoms with Crippen molar-refractivity contribution in [3.63, 3.8) is 0 Å². The van der Waals surface area contributed by atoms with Crippen molar-refractivity contribution in [2.24, 2.45) is 12.8 Å². The number of hydrogen-bond acceptors (Lipinski definition) is 4. The maximum atomic E-state index is 11.9. The number of amides is 3. The summed E-state index contributed by atoms with van der Waals surface area (Å²) in [7, 11) is 1.66. The van der Waals surface area contributed by atoms with Gasteiger partial charge in [-0.1, -0.05) is 6.92 Å². The molecule has 0 saturated carbocycles.